The Labute approximate surface area is 381 Å². The minimum atomic E-state index is -0.447. The van der Waals surface area contributed by atoms with E-state index in [0.29, 0.717) is 0 Å². The summed E-state index contributed by atoms with van der Waals surface area (Å²) in [5.41, 5.74) is 26.2. The highest BCUT2D eigenvalue weighted by Crippen LogP contribution is 2.65. The smallest absolute Gasteiger partial charge is 0.0725 e. The second kappa shape index (κ2) is 14.3. The molecule has 13 rings (SSSR count). The molecule has 0 saturated heterocycles. The van der Waals surface area contributed by atoms with E-state index in [0.717, 1.165) is 17.1 Å². The fourth-order valence-electron chi connectivity index (χ4n) is 11.9. The molecule has 0 saturated carbocycles. The van der Waals surface area contributed by atoms with Crippen LogP contribution in [0.25, 0.3) is 66.8 Å². The molecule has 0 aliphatic heterocycles. The molecule has 1 nitrogen and oxygen atoms in total. The minimum Gasteiger partial charge on any atom is -0.310 e. The molecular formula is C64H45N. The van der Waals surface area contributed by atoms with Crippen molar-refractivity contribution in [3.8, 4) is 66.8 Å². The van der Waals surface area contributed by atoms with Gasteiger partial charge in [0.05, 0.1) is 11.1 Å². The van der Waals surface area contributed by atoms with E-state index in [1.54, 1.807) is 0 Å². The maximum absolute atomic E-state index is 2.46. The largest absolute Gasteiger partial charge is 0.310 e. The van der Waals surface area contributed by atoms with Gasteiger partial charge in [0, 0.05) is 22.4 Å². The van der Waals surface area contributed by atoms with Crippen LogP contribution in [-0.2, 0) is 10.8 Å². The Hall–Kier alpha value is -8.00. The van der Waals surface area contributed by atoms with Crippen molar-refractivity contribution in [3.05, 3.63) is 270 Å². The van der Waals surface area contributed by atoms with Gasteiger partial charge in [-0.15, -0.1) is 0 Å². The number of para-hydroxylation sites is 1. The predicted octanol–water partition coefficient (Wildman–Crippen LogP) is 16.8. The summed E-state index contributed by atoms with van der Waals surface area (Å²) in [5.74, 6) is 0. The monoisotopic (exact) mass is 827 g/mol. The molecular weight excluding hydrogens is 783 g/mol. The number of hydrogen-bond donors (Lipinski definition) is 0. The first-order valence-corrected chi connectivity index (χ1v) is 22.8. The fourth-order valence-corrected chi connectivity index (χ4v) is 11.9. The van der Waals surface area contributed by atoms with E-state index < -0.39 is 5.41 Å². The zero-order chi connectivity index (χ0) is 43.3. The van der Waals surface area contributed by atoms with Crippen molar-refractivity contribution < 1.29 is 0 Å². The summed E-state index contributed by atoms with van der Waals surface area (Å²) in [7, 11) is 0. The molecule has 1 unspecified atom stereocenters. The maximum atomic E-state index is 2.46. The SMILES string of the molecule is CC1(C)c2ccccc2-c2ccc(N(c3ccc(-c4cccc5c4-c4ccccc4C54c5ccccc5-c5c(-c6ccccc6)cccc54)cc3)c3ccccc3-c3ccccc3)cc21. The Bertz CT molecular complexity index is 3510. The van der Waals surface area contributed by atoms with Gasteiger partial charge in [-0.3, -0.25) is 0 Å². The quantitative estimate of drug-likeness (QED) is 0.161. The lowest BCUT2D eigenvalue weighted by molar-refractivity contribution is 0.660. The van der Waals surface area contributed by atoms with E-state index in [9.17, 15) is 0 Å². The van der Waals surface area contributed by atoms with Gasteiger partial charge in [-0.25, -0.2) is 0 Å². The van der Waals surface area contributed by atoms with Crippen molar-refractivity contribution in [2.24, 2.45) is 0 Å². The highest BCUT2D eigenvalue weighted by atomic mass is 15.1. The average molecular weight is 828 g/mol. The molecule has 0 bridgehead atoms. The van der Waals surface area contributed by atoms with Crippen molar-refractivity contribution >= 4 is 17.1 Å². The molecule has 0 N–H and O–H groups in total. The Kier molecular flexibility index (Phi) is 8.24. The molecule has 1 spiro atoms. The van der Waals surface area contributed by atoms with E-state index in [1.807, 2.05) is 0 Å². The number of nitrogens with zero attached hydrogens (tertiary/aromatic N) is 1. The Morgan fingerprint density at radius 1 is 0.277 bits per heavy atom. The zero-order valence-corrected chi connectivity index (χ0v) is 36.5. The van der Waals surface area contributed by atoms with Crippen LogP contribution in [0.3, 0.4) is 0 Å². The van der Waals surface area contributed by atoms with Crippen molar-refractivity contribution in [1.82, 2.24) is 0 Å². The summed E-state index contributed by atoms with van der Waals surface area (Å²) >= 11 is 0. The van der Waals surface area contributed by atoms with Gasteiger partial charge in [0.2, 0.25) is 0 Å². The number of benzene rings is 10. The van der Waals surface area contributed by atoms with Crippen LogP contribution in [-0.4, -0.2) is 0 Å². The summed E-state index contributed by atoms with van der Waals surface area (Å²) in [6.07, 6.45) is 0. The summed E-state index contributed by atoms with van der Waals surface area (Å²) in [4.78, 5) is 2.46. The molecule has 10 aromatic carbocycles. The van der Waals surface area contributed by atoms with Gasteiger partial charge in [0.1, 0.15) is 0 Å². The third kappa shape index (κ3) is 5.33. The molecule has 0 fully saturated rings. The van der Waals surface area contributed by atoms with Gasteiger partial charge >= 0.3 is 0 Å². The summed E-state index contributed by atoms with van der Waals surface area (Å²) in [6.45, 7) is 4.73. The molecule has 3 aliphatic rings. The number of anilines is 3. The van der Waals surface area contributed by atoms with Crippen molar-refractivity contribution in [2.75, 3.05) is 4.90 Å². The number of hydrogen-bond acceptors (Lipinski definition) is 1. The van der Waals surface area contributed by atoms with Crippen LogP contribution < -0.4 is 4.90 Å². The lowest BCUT2D eigenvalue weighted by Crippen LogP contribution is -2.25. The van der Waals surface area contributed by atoms with Crippen LogP contribution in [0, 0.1) is 0 Å². The van der Waals surface area contributed by atoms with E-state index in [2.05, 4.69) is 255 Å². The van der Waals surface area contributed by atoms with Crippen LogP contribution in [0.15, 0.2) is 237 Å². The van der Waals surface area contributed by atoms with Crippen molar-refractivity contribution in [1.29, 1.82) is 0 Å². The standard InChI is InChI=1S/C64H45N/c1-63(2)54-29-13-9-24-50(54)51-40-39-46(41-59(51)63)65(60-34-16-12-23-47(60)42-19-5-3-6-20-42)45-37-35-44(36-38-45)49-28-18-33-58-62(49)53-26-11-15-31-56(53)64(58)55-30-14-10-25-52(55)61-48(27-17-32-57(61)64)43-21-7-4-8-22-43/h3-41H,1-2H3. The van der Waals surface area contributed by atoms with Crippen LogP contribution in [0.5, 0.6) is 0 Å². The third-order valence-electron chi connectivity index (χ3n) is 14.7. The molecule has 10 aromatic rings. The topological polar surface area (TPSA) is 3.24 Å². The molecule has 65 heavy (non-hydrogen) atoms. The zero-order valence-electron chi connectivity index (χ0n) is 36.5. The van der Waals surface area contributed by atoms with Crippen LogP contribution in [0.2, 0.25) is 0 Å². The van der Waals surface area contributed by atoms with Crippen LogP contribution >= 0.6 is 0 Å². The first-order valence-electron chi connectivity index (χ1n) is 22.8. The minimum absolute atomic E-state index is 0.124. The number of rotatable bonds is 6. The lowest BCUT2D eigenvalue weighted by atomic mass is 9.70. The van der Waals surface area contributed by atoms with Gasteiger partial charge < -0.3 is 4.90 Å². The van der Waals surface area contributed by atoms with Gasteiger partial charge in [-0.2, -0.15) is 0 Å². The maximum Gasteiger partial charge on any atom is 0.0725 e. The lowest BCUT2D eigenvalue weighted by Gasteiger charge is -2.31. The molecule has 0 radical (unpaired) electrons. The van der Waals surface area contributed by atoms with Gasteiger partial charge in [-0.05, 0) is 125 Å². The normalized spacial score (nSPS) is 15.4. The van der Waals surface area contributed by atoms with Crippen molar-refractivity contribution in [3.63, 3.8) is 0 Å². The molecule has 1 heteroatoms. The molecule has 1 atom stereocenters. The van der Waals surface area contributed by atoms with Gasteiger partial charge in [0.25, 0.3) is 0 Å². The van der Waals surface area contributed by atoms with E-state index in [1.165, 1.54) is 100 Å². The van der Waals surface area contributed by atoms with E-state index >= 15 is 0 Å². The van der Waals surface area contributed by atoms with Crippen molar-refractivity contribution in [2.45, 2.75) is 24.7 Å². The highest BCUT2D eigenvalue weighted by Gasteiger charge is 2.52. The molecule has 306 valence electrons. The third-order valence-corrected chi connectivity index (χ3v) is 14.7. The molecule has 0 aromatic heterocycles. The molecule has 0 heterocycles. The number of fused-ring (bicyclic) bond motifs is 13. The second-order valence-corrected chi connectivity index (χ2v) is 18.3. The predicted molar refractivity (Wildman–Crippen MR) is 271 cm³/mol. The van der Waals surface area contributed by atoms with Crippen LogP contribution in [0.4, 0.5) is 17.1 Å². The second-order valence-electron chi connectivity index (χ2n) is 18.3. The van der Waals surface area contributed by atoms with Gasteiger partial charge in [0.15, 0.2) is 0 Å². The highest BCUT2D eigenvalue weighted by molar-refractivity contribution is 6.03. The van der Waals surface area contributed by atoms with Gasteiger partial charge in [-0.1, -0.05) is 220 Å². The molecule has 3 aliphatic carbocycles. The molecule has 0 amide bonds. The Morgan fingerprint density at radius 3 is 1.29 bits per heavy atom. The average Bonchev–Trinajstić information content (AvgIpc) is 3.93. The first-order chi connectivity index (χ1) is 32.0. The van der Waals surface area contributed by atoms with E-state index in [-0.39, 0.29) is 5.41 Å². The fraction of sp³-hybridized carbons (Fsp3) is 0.0625. The summed E-state index contributed by atoms with van der Waals surface area (Å²) < 4.78 is 0. The summed E-state index contributed by atoms with van der Waals surface area (Å²) in [6, 6.07) is 88.1. The Morgan fingerprint density at radius 2 is 0.692 bits per heavy atom. The summed E-state index contributed by atoms with van der Waals surface area (Å²) in [5, 5.41) is 0. The Balaban J connectivity index is 0.987. The first kappa shape index (κ1) is 37.5. The van der Waals surface area contributed by atoms with Crippen LogP contribution in [0.1, 0.15) is 47.2 Å². The van der Waals surface area contributed by atoms with E-state index in [4.69, 9.17) is 0 Å².